The summed E-state index contributed by atoms with van der Waals surface area (Å²) in [7, 11) is 0.00769. The van der Waals surface area contributed by atoms with Gasteiger partial charge in [-0.2, -0.15) is 4.98 Å². The van der Waals surface area contributed by atoms with Crippen molar-refractivity contribution in [2.75, 3.05) is 24.4 Å². The van der Waals surface area contributed by atoms with E-state index in [1.54, 1.807) is 23.1 Å². The van der Waals surface area contributed by atoms with E-state index in [0.29, 0.717) is 11.8 Å². The normalized spacial score (nSPS) is 11.3. The van der Waals surface area contributed by atoms with E-state index in [2.05, 4.69) is 27.1 Å². The third-order valence-corrected chi connectivity index (χ3v) is 4.72. The molecule has 8 heteroatoms. The molecule has 0 aliphatic rings. The molecule has 2 aromatic rings. The van der Waals surface area contributed by atoms with Crippen LogP contribution in [0.2, 0.25) is 0 Å². The minimum absolute atomic E-state index is 0.188. The minimum Gasteiger partial charge on any atom is -0.347 e. The molecule has 0 bridgehead atoms. The first-order valence-corrected chi connectivity index (χ1v) is 9.21. The van der Waals surface area contributed by atoms with Crippen LogP contribution < -0.4 is 15.2 Å². The zero-order valence-corrected chi connectivity index (χ0v) is 15.2. The summed E-state index contributed by atoms with van der Waals surface area (Å²) in [5.74, 6) is 1.00. The Bertz CT molecular complexity index is 792. The molecule has 1 aromatic carbocycles. The Morgan fingerprint density at radius 2 is 1.79 bits per heavy atom. The van der Waals surface area contributed by atoms with Crippen LogP contribution in [0.1, 0.15) is 24.6 Å². The molecule has 2 rings (SSSR count). The number of aryl methyl sites for hydroxylation is 1. The van der Waals surface area contributed by atoms with Gasteiger partial charge in [0.05, 0.1) is 4.90 Å². The Morgan fingerprint density at radius 1 is 1.12 bits per heavy atom. The van der Waals surface area contributed by atoms with Gasteiger partial charge in [0.25, 0.3) is 10.0 Å². The maximum Gasteiger partial charge on any atom is 0.257 e. The summed E-state index contributed by atoms with van der Waals surface area (Å²) in [4.78, 5) is 13.2. The van der Waals surface area contributed by atoms with Crippen molar-refractivity contribution < 1.29 is 8.42 Å². The molecule has 0 amide bonds. The molecule has 0 aliphatic heterocycles. The Kier molecular flexibility index (Phi) is 5.74. The molecule has 7 nitrogen and oxygen atoms in total. The SMILES string of the molecule is CCCc1c(C)nc(N(C)C)nc1NNS(=O)(=O)c1ccccc1. The molecular weight excluding hydrogens is 326 g/mol. The monoisotopic (exact) mass is 349 g/mol. The zero-order chi connectivity index (χ0) is 17.7. The van der Waals surface area contributed by atoms with Gasteiger partial charge >= 0.3 is 0 Å². The van der Waals surface area contributed by atoms with E-state index in [1.807, 2.05) is 21.0 Å². The predicted molar refractivity (Wildman–Crippen MR) is 95.5 cm³/mol. The first-order valence-electron chi connectivity index (χ1n) is 7.73. The lowest BCUT2D eigenvalue weighted by molar-refractivity contribution is 0.587. The van der Waals surface area contributed by atoms with E-state index in [1.165, 1.54) is 12.1 Å². The molecule has 0 saturated carbocycles. The van der Waals surface area contributed by atoms with E-state index in [4.69, 9.17) is 0 Å². The summed E-state index contributed by atoms with van der Waals surface area (Å²) in [6, 6.07) is 8.19. The van der Waals surface area contributed by atoms with Crippen molar-refractivity contribution in [1.82, 2.24) is 14.8 Å². The van der Waals surface area contributed by atoms with Gasteiger partial charge in [0.15, 0.2) is 0 Å². The number of sulfonamides is 1. The third kappa shape index (κ3) is 4.21. The van der Waals surface area contributed by atoms with E-state index in [-0.39, 0.29) is 4.90 Å². The van der Waals surface area contributed by atoms with E-state index in [9.17, 15) is 8.42 Å². The molecule has 0 unspecified atom stereocenters. The maximum absolute atomic E-state index is 12.4. The largest absolute Gasteiger partial charge is 0.347 e. The Hall–Kier alpha value is -2.19. The molecule has 0 fully saturated rings. The van der Waals surface area contributed by atoms with Crippen LogP contribution in [0, 0.1) is 6.92 Å². The fourth-order valence-electron chi connectivity index (χ4n) is 2.21. The highest BCUT2D eigenvalue weighted by Gasteiger charge is 2.16. The molecular formula is C16H23N5O2S. The number of nitrogens with zero attached hydrogens (tertiary/aromatic N) is 3. The molecule has 0 saturated heterocycles. The van der Waals surface area contributed by atoms with Gasteiger partial charge in [-0.05, 0) is 25.5 Å². The van der Waals surface area contributed by atoms with Gasteiger partial charge in [0.1, 0.15) is 5.82 Å². The lowest BCUT2D eigenvalue weighted by Gasteiger charge is -2.18. The molecule has 2 N–H and O–H groups in total. The Balaban J connectivity index is 2.31. The number of hydrazine groups is 1. The van der Waals surface area contributed by atoms with Crippen LogP contribution in [0.25, 0.3) is 0 Å². The summed E-state index contributed by atoms with van der Waals surface area (Å²) in [5.41, 5.74) is 4.49. The Labute approximate surface area is 143 Å². The number of hydrogen-bond acceptors (Lipinski definition) is 6. The van der Waals surface area contributed by atoms with Crippen molar-refractivity contribution in [1.29, 1.82) is 0 Å². The molecule has 0 aliphatic carbocycles. The number of rotatable bonds is 7. The van der Waals surface area contributed by atoms with Crippen LogP contribution in [0.3, 0.4) is 0 Å². The van der Waals surface area contributed by atoms with Gasteiger partial charge < -0.3 is 4.90 Å². The molecule has 1 heterocycles. The average molecular weight is 349 g/mol. The summed E-state index contributed by atoms with van der Waals surface area (Å²) >= 11 is 0. The summed E-state index contributed by atoms with van der Waals surface area (Å²) < 4.78 is 24.7. The standard InChI is InChI=1S/C16H23N5O2S/c1-5-9-14-12(2)17-16(21(3)4)18-15(14)19-20-24(22,23)13-10-7-6-8-11-13/h6-8,10-11,20H,5,9H2,1-4H3,(H,17,18,19). The minimum atomic E-state index is -3.67. The number of anilines is 2. The smallest absolute Gasteiger partial charge is 0.257 e. The summed E-state index contributed by atoms with van der Waals surface area (Å²) in [6.07, 6.45) is 1.67. The van der Waals surface area contributed by atoms with Gasteiger partial charge in [0, 0.05) is 25.4 Å². The topological polar surface area (TPSA) is 87.2 Å². The van der Waals surface area contributed by atoms with Crippen molar-refractivity contribution in [2.45, 2.75) is 31.6 Å². The first-order chi connectivity index (χ1) is 11.3. The Morgan fingerprint density at radius 3 is 2.38 bits per heavy atom. The second kappa shape index (κ2) is 7.59. The number of aromatic nitrogens is 2. The van der Waals surface area contributed by atoms with Crippen LogP contribution in [0.15, 0.2) is 35.2 Å². The number of benzene rings is 1. The molecule has 0 spiro atoms. The molecule has 130 valence electrons. The molecule has 0 atom stereocenters. The van der Waals surface area contributed by atoms with E-state index >= 15 is 0 Å². The van der Waals surface area contributed by atoms with Crippen molar-refractivity contribution in [2.24, 2.45) is 0 Å². The first kappa shape index (κ1) is 18.2. The third-order valence-electron chi connectivity index (χ3n) is 3.46. The number of hydrogen-bond donors (Lipinski definition) is 2. The van der Waals surface area contributed by atoms with E-state index in [0.717, 1.165) is 24.1 Å². The fourth-order valence-corrected chi connectivity index (χ4v) is 3.07. The fraction of sp³-hybridized carbons (Fsp3) is 0.375. The summed E-state index contributed by atoms with van der Waals surface area (Å²) in [6.45, 7) is 3.95. The highest BCUT2D eigenvalue weighted by Crippen LogP contribution is 2.21. The lowest BCUT2D eigenvalue weighted by Crippen LogP contribution is -2.31. The van der Waals surface area contributed by atoms with Crippen molar-refractivity contribution in [3.05, 3.63) is 41.6 Å². The van der Waals surface area contributed by atoms with Gasteiger partial charge in [-0.25, -0.2) is 13.4 Å². The highest BCUT2D eigenvalue weighted by molar-refractivity contribution is 7.89. The van der Waals surface area contributed by atoms with Gasteiger partial charge in [0.2, 0.25) is 5.95 Å². The number of nitrogens with one attached hydrogen (secondary N) is 2. The van der Waals surface area contributed by atoms with Crippen LogP contribution in [0.4, 0.5) is 11.8 Å². The second-order valence-corrected chi connectivity index (χ2v) is 7.31. The maximum atomic E-state index is 12.4. The second-order valence-electron chi connectivity index (χ2n) is 5.62. The van der Waals surface area contributed by atoms with Crippen LogP contribution in [-0.2, 0) is 16.4 Å². The average Bonchev–Trinajstić information content (AvgIpc) is 2.56. The van der Waals surface area contributed by atoms with Gasteiger partial charge in [-0.1, -0.05) is 31.5 Å². The van der Waals surface area contributed by atoms with Gasteiger partial charge in [-0.3, -0.25) is 5.43 Å². The predicted octanol–water partition coefficient (Wildman–Crippen LogP) is 2.11. The summed E-state index contributed by atoms with van der Waals surface area (Å²) in [5, 5.41) is 0. The van der Waals surface area contributed by atoms with Crippen molar-refractivity contribution in [3.8, 4) is 0 Å². The molecule has 24 heavy (non-hydrogen) atoms. The quantitative estimate of drug-likeness (QED) is 0.745. The lowest BCUT2D eigenvalue weighted by atomic mass is 10.1. The van der Waals surface area contributed by atoms with Gasteiger partial charge in [-0.15, -0.1) is 4.83 Å². The van der Waals surface area contributed by atoms with Crippen LogP contribution in [-0.4, -0.2) is 32.5 Å². The van der Waals surface area contributed by atoms with Crippen LogP contribution in [0.5, 0.6) is 0 Å². The highest BCUT2D eigenvalue weighted by atomic mass is 32.2. The van der Waals surface area contributed by atoms with Crippen molar-refractivity contribution >= 4 is 21.8 Å². The zero-order valence-electron chi connectivity index (χ0n) is 14.4. The van der Waals surface area contributed by atoms with Crippen LogP contribution >= 0.6 is 0 Å². The molecule has 0 radical (unpaired) electrons. The van der Waals surface area contributed by atoms with Crippen molar-refractivity contribution in [3.63, 3.8) is 0 Å². The van der Waals surface area contributed by atoms with E-state index < -0.39 is 10.0 Å². The molecule has 1 aromatic heterocycles.